The number of amides is 2. The number of anilines is 2. The monoisotopic (exact) mass is 433 g/mol. The van der Waals surface area contributed by atoms with Crippen molar-refractivity contribution in [3.8, 4) is 0 Å². The zero-order chi connectivity index (χ0) is 21.8. The van der Waals surface area contributed by atoms with Gasteiger partial charge in [0.25, 0.3) is 0 Å². The van der Waals surface area contributed by atoms with E-state index in [0.717, 1.165) is 11.1 Å². The first-order chi connectivity index (χ1) is 15.0. The highest BCUT2D eigenvalue weighted by Gasteiger charge is 2.29. The molecule has 0 bridgehead atoms. The van der Waals surface area contributed by atoms with Gasteiger partial charge in [-0.3, -0.25) is 14.9 Å². The van der Waals surface area contributed by atoms with Crippen LogP contribution in [0.2, 0.25) is 5.02 Å². The van der Waals surface area contributed by atoms with E-state index in [4.69, 9.17) is 11.6 Å². The van der Waals surface area contributed by atoms with Gasteiger partial charge in [0.1, 0.15) is 0 Å². The van der Waals surface area contributed by atoms with Crippen LogP contribution in [0.15, 0.2) is 78.9 Å². The minimum Gasteiger partial charge on any atom is -0.324 e. The largest absolute Gasteiger partial charge is 0.324 e. The molecule has 0 radical (unpaired) electrons. The molecule has 3 aromatic rings. The first-order valence-corrected chi connectivity index (χ1v) is 10.7. The van der Waals surface area contributed by atoms with E-state index >= 15 is 0 Å². The number of fused-ring (bicyclic) bond motifs is 1. The number of nitrogens with one attached hydrogen (secondary N) is 2. The topological polar surface area (TPSA) is 61.4 Å². The second kappa shape index (κ2) is 9.33. The lowest BCUT2D eigenvalue weighted by molar-refractivity contribution is -0.118. The lowest BCUT2D eigenvalue weighted by Crippen LogP contribution is -2.44. The maximum Gasteiger partial charge on any atom is 0.241 e. The van der Waals surface area contributed by atoms with Crippen molar-refractivity contribution in [2.45, 2.75) is 25.4 Å². The highest BCUT2D eigenvalue weighted by Crippen LogP contribution is 2.31. The summed E-state index contributed by atoms with van der Waals surface area (Å²) >= 11 is 6.23. The summed E-state index contributed by atoms with van der Waals surface area (Å²) in [4.78, 5) is 27.3. The van der Waals surface area contributed by atoms with Crippen molar-refractivity contribution >= 4 is 34.8 Å². The van der Waals surface area contributed by atoms with Crippen LogP contribution in [0.3, 0.4) is 0 Å². The molecule has 0 aromatic heterocycles. The number of hydrogen-bond acceptors (Lipinski definition) is 3. The Labute approximate surface area is 187 Å². The molecule has 0 saturated carbocycles. The Balaban J connectivity index is 1.60. The third-order valence-electron chi connectivity index (χ3n) is 5.40. The summed E-state index contributed by atoms with van der Waals surface area (Å²) in [5.74, 6) is -0.191. The number of hydrogen-bond donors (Lipinski definition) is 2. The summed E-state index contributed by atoms with van der Waals surface area (Å²) in [7, 11) is 0. The summed E-state index contributed by atoms with van der Waals surface area (Å²) in [6.07, 6.45) is 0.247. The van der Waals surface area contributed by atoms with Crippen molar-refractivity contribution in [1.29, 1.82) is 0 Å². The van der Waals surface area contributed by atoms with Gasteiger partial charge in [0.15, 0.2) is 0 Å². The van der Waals surface area contributed by atoms with E-state index in [1.807, 2.05) is 85.8 Å². The molecule has 1 aliphatic rings. The number of carbonyl (C=O) groups is 2. The number of nitrogens with zero attached hydrogens (tertiary/aromatic N) is 1. The van der Waals surface area contributed by atoms with Gasteiger partial charge in [-0.2, -0.15) is 0 Å². The molecule has 1 aliphatic heterocycles. The van der Waals surface area contributed by atoms with Gasteiger partial charge >= 0.3 is 0 Å². The van der Waals surface area contributed by atoms with Crippen molar-refractivity contribution < 1.29 is 9.59 Å². The standard InChI is InChI=1S/C25H24ClN3O2/c1-17-14-23(30)28-21-12-5-6-13-22(21)29(17)24(31)16-27-25(18-8-3-2-4-9-18)19-10-7-11-20(26)15-19/h2-13,15,17,25,27H,14,16H2,1H3,(H,28,30). The second-order valence-electron chi connectivity index (χ2n) is 7.66. The molecule has 31 heavy (non-hydrogen) atoms. The molecule has 0 spiro atoms. The molecule has 2 unspecified atom stereocenters. The van der Waals surface area contributed by atoms with Gasteiger partial charge in [-0.15, -0.1) is 0 Å². The van der Waals surface area contributed by atoms with E-state index in [1.54, 1.807) is 4.90 Å². The number of halogens is 1. The Bertz CT molecular complexity index is 1090. The zero-order valence-electron chi connectivity index (χ0n) is 17.2. The SMILES string of the molecule is CC1CC(=O)Nc2ccccc2N1C(=O)CNC(c1ccccc1)c1cccc(Cl)c1. The summed E-state index contributed by atoms with van der Waals surface area (Å²) < 4.78 is 0. The Morgan fingerprint density at radius 2 is 1.77 bits per heavy atom. The average molecular weight is 434 g/mol. The normalized spacial score (nSPS) is 16.8. The molecule has 158 valence electrons. The first kappa shape index (κ1) is 21.1. The first-order valence-electron chi connectivity index (χ1n) is 10.3. The third kappa shape index (κ3) is 4.79. The molecular formula is C25H24ClN3O2. The molecule has 3 aromatic carbocycles. The Kier molecular flexibility index (Phi) is 6.35. The van der Waals surface area contributed by atoms with Crippen LogP contribution >= 0.6 is 11.6 Å². The van der Waals surface area contributed by atoms with Gasteiger partial charge in [0.2, 0.25) is 11.8 Å². The maximum atomic E-state index is 13.4. The fourth-order valence-electron chi connectivity index (χ4n) is 4.00. The van der Waals surface area contributed by atoms with Crippen LogP contribution in [0.5, 0.6) is 0 Å². The van der Waals surface area contributed by atoms with E-state index in [2.05, 4.69) is 10.6 Å². The van der Waals surface area contributed by atoms with Crippen molar-refractivity contribution in [2.24, 2.45) is 0 Å². The summed E-state index contributed by atoms with van der Waals surface area (Å²) in [5, 5.41) is 6.94. The van der Waals surface area contributed by atoms with Crippen LogP contribution in [-0.2, 0) is 9.59 Å². The third-order valence-corrected chi connectivity index (χ3v) is 5.64. The van der Waals surface area contributed by atoms with Crippen molar-refractivity contribution in [2.75, 3.05) is 16.8 Å². The smallest absolute Gasteiger partial charge is 0.241 e. The highest BCUT2D eigenvalue weighted by atomic mass is 35.5. The molecular weight excluding hydrogens is 410 g/mol. The molecule has 0 saturated heterocycles. The van der Waals surface area contributed by atoms with Gasteiger partial charge in [0, 0.05) is 17.5 Å². The number of rotatable bonds is 5. The van der Waals surface area contributed by atoms with Crippen LogP contribution in [-0.4, -0.2) is 24.4 Å². The fourth-order valence-corrected chi connectivity index (χ4v) is 4.20. The van der Waals surface area contributed by atoms with Crippen molar-refractivity contribution in [3.05, 3.63) is 95.0 Å². The Morgan fingerprint density at radius 3 is 2.55 bits per heavy atom. The van der Waals surface area contributed by atoms with E-state index in [1.165, 1.54) is 0 Å². The summed E-state index contributed by atoms with van der Waals surface area (Å²) in [6.45, 7) is 2.00. The number of carbonyl (C=O) groups excluding carboxylic acids is 2. The van der Waals surface area contributed by atoms with E-state index in [-0.39, 0.29) is 36.9 Å². The van der Waals surface area contributed by atoms with Crippen LogP contribution in [0.4, 0.5) is 11.4 Å². The molecule has 4 rings (SSSR count). The van der Waals surface area contributed by atoms with Crippen LogP contribution in [0, 0.1) is 0 Å². The van der Waals surface area contributed by atoms with E-state index in [9.17, 15) is 9.59 Å². The predicted molar refractivity (Wildman–Crippen MR) is 124 cm³/mol. The Morgan fingerprint density at radius 1 is 1.06 bits per heavy atom. The lowest BCUT2D eigenvalue weighted by atomic mass is 9.98. The lowest BCUT2D eigenvalue weighted by Gasteiger charge is -2.29. The molecule has 2 amide bonds. The maximum absolute atomic E-state index is 13.4. The second-order valence-corrected chi connectivity index (χ2v) is 8.10. The van der Waals surface area contributed by atoms with Crippen molar-refractivity contribution in [3.63, 3.8) is 0 Å². The molecule has 5 nitrogen and oxygen atoms in total. The van der Waals surface area contributed by atoms with Gasteiger partial charge in [0.05, 0.1) is 24.0 Å². The quantitative estimate of drug-likeness (QED) is 0.608. The van der Waals surface area contributed by atoms with E-state index < -0.39 is 0 Å². The molecule has 0 aliphatic carbocycles. The average Bonchev–Trinajstić information content (AvgIpc) is 2.88. The zero-order valence-corrected chi connectivity index (χ0v) is 18.0. The minimum absolute atomic E-state index is 0.0932. The van der Waals surface area contributed by atoms with Crippen LogP contribution in [0.1, 0.15) is 30.5 Å². The fraction of sp³-hybridized carbons (Fsp3) is 0.200. The minimum atomic E-state index is -0.251. The van der Waals surface area contributed by atoms with Crippen molar-refractivity contribution in [1.82, 2.24) is 5.32 Å². The number of para-hydroxylation sites is 2. The van der Waals surface area contributed by atoms with Crippen LogP contribution < -0.4 is 15.5 Å². The van der Waals surface area contributed by atoms with Gasteiger partial charge in [-0.25, -0.2) is 0 Å². The highest BCUT2D eigenvalue weighted by molar-refractivity contribution is 6.30. The van der Waals surface area contributed by atoms with Gasteiger partial charge in [-0.1, -0.05) is 66.2 Å². The predicted octanol–water partition coefficient (Wildman–Crippen LogP) is 4.78. The number of benzene rings is 3. The summed E-state index contributed by atoms with van der Waals surface area (Å²) in [6, 6.07) is 24.5. The molecule has 2 N–H and O–H groups in total. The molecule has 2 atom stereocenters. The molecule has 6 heteroatoms. The van der Waals surface area contributed by atoms with E-state index in [0.29, 0.717) is 16.4 Å². The molecule has 0 fully saturated rings. The molecule has 1 heterocycles. The Hall–Kier alpha value is -3.15. The van der Waals surface area contributed by atoms with Gasteiger partial charge in [-0.05, 0) is 42.3 Å². The van der Waals surface area contributed by atoms with Crippen LogP contribution in [0.25, 0.3) is 0 Å². The summed E-state index contributed by atoms with van der Waals surface area (Å²) in [5.41, 5.74) is 3.39. The van der Waals surface area contributed by atoms with Gasteiger partial charge < -0.3 is 10.2 Å².